The summed E-state index contributed by atoms with van der Waals surface area (Å²) in [5.74, 6) is 1.74. The molecule has 2 heteroatoms. The number of aryl methyl sites for hydroxylation is 1. The molecule has 2 unspecified atom stereocenters. The number of anilines is 1. The second-order valence-corrected chi connectivity index (χ2v) is 5.01. The minimum absolute atomic E-state index is 0.789. The van der Waals surface area contributed by atoms with Crippen molar-refractivity contribution >= 4 is 12.0 Å². The summed E-state index contributed by atoms with van der Waals surface area (Å²) in [6.45, 7) is 5.42. The molecule has 0 aliphatic heterocycles. The van der Waals surface area contributed by atoms with E-state index in [0.29, 0.717) is 0 Å². The summed E-state index contributed by atoms with van der Waals surface area (Å²) >= 11 is 0. The van der Waals surface area contributed by atoms with Crippen molar-refractivity contribution in [2.24, 2.45) is 11.8 Å². The fourth-order valence-corrected chi connectivity index (χ4v) is 2.14. The quantitative estimate of drug-likeness (QED) is 0.723. The summed E-state index contributed by atoms with van der Waals surface area (Å²) in [7, 11) is 2.13. The fourth-order valence-electron chi connectivity index (χ4n) is 2.14. The molecule has 1 aliphatic rings. The number of rotatable bonds is 4. The van der Waals surface area contributed by atoms with E-state index in [4.69, 9.17) is 0 Å². The smallest absolute Gasteiger partial charge is 0.150 e. The summed E-state index contributed by atoms with van der Waals surface area (Å²) in [6.07, 6.45) is 2.28. The van der Waals surface area contributed by atoms with Gasteiger partial charge < -0.3 is 4.90 Å². The Labute approximate surface area is 97.3 Å². The molecule has 86 valence electrons. The predicted octanol–water partition coefficient (Wildman–Crippen LogP) is 2.90. The van der Waals surface area contributed by atoms with E-state index in [1.807, 2.05) is 19.1 Å². The zero-order valence-corrected chi connectivity index (χ0v) is 10.2. The van der Waals surface area contributed by atoms with Gasteiger partial charge in [0, 0.05) is 24.8 Å². The average Bonchev–Trinajstić information content (AvgIpc) is 2.94. The molecule has 2 atom stereocenters. The monoisotopic (exact) mass is 217 g/mol. The van der Waals surface area contributed by atoms with Gasteiger partial charge >= 0.3 is 0 Å². The van der Waals surface area contributed by atoms with Gasteiger partial charge in [0.25, 0.3) is 0 Å². The molecule has 1 saturated carbocycles. The van der Waals surface area contributed by atoms with Crippen molar-refractivity contribution in [3.8, 4) is 0 Å². The van der Waals surface area contributed by atoms with E-state index in [9.17, 15) is 4.79 Å². The maximum Gasteiger partial charge on any atom is 0.150 e. The van der Waals surface area contributed by atoms with Gasteiger partial charge in [-0.25, -0.2) is 0 Å². The third kappa shape index (κ3) is 2.26. The number of hydrogen-bond acceptors (Lipinski definition) is 2. The third-order valence-electron chi connectivity index (χ3n) is 3.61. The molecule has 1 aromatic rings. The second kappa shape index (κ2) is 4.28. The predicted molar refractivity (Wildman–Crippen MR) is 67.1 cm³/mol. The van der Waals surface area contributed by atoms with Crippen LogP contribution < -0.4 is 4.90 Å². The molecular formula is C14H19NO. The Kier molecular flexibility index (Phi) is 2.99. The molecule has 1 fully saturated rings. The molecule has 0 spiro atoms. The fraction of sp³-hybridized carbons (Fsp3) is 0.500. The van der Waals surface area contributed by atoms with E-state index in [-0.39, 0.29) is 0 Å². The first-order chi connectivity index (χ1) is 7.61. The Hall–Kier alpha value is -1.31. The molecule has 2 rings (SSSR count). The highest BCUT2D eigenvalue weighted by atomic mass is 16.1. The van der Waals surface area contributed by atoms with Crippen molar-refractivity contribution in [3.63, 3.8) is 0 Å². The van der Waals surface area contributed by atoms with Crippen LogP contribution in [0.15, 0.2) is 18.2 Å². The van der Waals surface area contributed by atoms with Crippen molar-refractivity contribution in [1.82, 2.24) is 0 Å². The van der Waals surface area contributed by atoms with Crippen molar-refractivity contribution in [2.75, 3.05) is 18.5 Å². The lowest BCUT2D eigenvalue weighted by Gasteiger charge is -2.20. The summed E-state index contributed by atoms with van der Waals surface area (Å²) in [5, 5.41) is 0. The van der Waals surface area contributed by atoms with Gasteiger partial charge in [0.1, 0.15) is 6.29 Å². The first-order valence-electron chi connectivity index (χ1n) is 5.88. The van der Waals surface area contributed by atoms with Crippen LogP contribution in [-0.2, 0) is 0 Å². The van der Waals surface area contributed by atoms with Crippen molar-refractivity contribution < 1.29 is 4.79 Å². The van der Waals surface area contributed by atoms with Gasteiger partial charge in [-0.3, -0.25) is 4.79 Å². The van der Waals surface area contributed by atoms with E-state index in [2.05, 4.69) is 24.9 Å². The molecule has 1 aromatic carbocycles. The van der Waals surface area contributed by atoms with E-state index >= 15 is 0 Å². The summed E-state index contributed by atoms with van der Waals surface area (Å²) in [5.41, 5.74) is 3.06. The molecule has 2 nitrogen and oxygen atoms in total. The van der Waals surface area contributed by atoms with Gasteiger partial charge in [0.2, 0.25) is 0 Å². The standard InChI is InChI=1S/C14H19NO/c1-10-6-13(10)8-15(3)14-5-4-12(9-16)11(2)7-14/h4-5,7,9-10,13H,6,8H2,1-3H3. The zero-order valence-electron chi connectivity index (χ0n) is 10.2. The number of nitrogens with zero attached hydrogens (tertiary/aromatic N) is 1. The topological polar surface area (TPSA) is 20.3 Å². The van der Waals surface area contributed by atoms with Crippen LogP contribution in [-0.4, -0.2) is 19.9 Å². The molecule has 1 aliphatic carbocycles. The Balaban J connectivity index is 2.08. The molecule has 0 aromatic heterocycles. The summed E-state index contributed by atoms with van der Waals surface area (Å²) < 4.78 is 0. The second-order valence-electron chi connectivity index (χ2n) is 5.01. The summed E-state index contributed by atoms with van der Waals surface area (Å²) in [4.78, 5) is 13.0. The SMILES string of the molecule is Cc1cc(N(C)CC2CC2C)ccc1C=O. The zero-order chi connectivity index (χ0) is 11.7. The Morgan fingerprint density at radius 2 is 2.19 bits per heavy atom. The summed E-state index contributed by atoms with van der Waals surface area (Å²) in [6, 6.07) is 6.03. The minimum Gasteiger partial charge on any atom is -0.374 e. The molecule has 0 bridgehead atoms. The lowest BCUT2D eigenvalue weighted by molar-refractivity contribution is 0.112. The van der Waals surface area contributed by atoms with Crippen LogP contribution in [0.4, 0.5) is 5.69 Å². The van der Waals surface area contributed by atoms with Gasteiger partial charge in [0.05, 0.1) is 0 Å². The average molecular weight is 217 g/mol. The van der Waals surface area contributed by atoms with Gasteiger partial charge in [-0.1, -0.05) is 6.92 Å². The number of carbonyl (C=O) groups excluding carboxylic acids is 1. The number of hydrogen-bond donors (Lipinski definition) is 0. The third-order valence-corrected chi connectivity index (χ3v) is 3.61. The highest BCUT2D eigenvalue weighted by Crippen LogP contribution is 2.38. The molecule has 0 amide bonds. The maximum absolute atomic E-state index is 10.7. The highest BCUT2D eigenvalue weighted by Gasteiger charge is 2.33. The van der Waals surface area contributed by atoms with Crippen molar-refractivity contribution in [1.29, 1.82) is 0 Å². The van der Waals surface area contributed by atoms with Crippen molar-refractivity contribution in [2.45, 2.75) is 20.3 Å². The van der Waals surface area contributed by atoms with Crippen LogP contribution in [0, 0.1) is 18.8 Å². The normalized spacial score (nSPS) is 22.9. The molecular weight excluding hydrogens is 198 g/mol. The van der Waals surface area contributed by atoms with Gasteiger partial charge in [0.15, 0.2) is 0 Å². The minimum atomic E-state index is 0.789. The first kappa shape index (κ1) is 11.2. The highest BCUT2D eigenvalue weighted by molar-refractivity contribution is 5.78. The van der Waals surface area contributed by atoms with Crippen LogP contribution in [0.25, 0.3) is 0 Å². The van der Waals surface area contributed by atoms with Gasteiger partial charge in [-0.15, -0.1) is 0 Å². The van der Waals surface area contributed by atoms with Crippen LogP contribution >= 0.6 is 0 Å². The molecule has 0 N–H and O–H groups in total. The van der Waals surface area contributed by atoms with Crippen molar-refractivity contribution in [3.05, 3.63) is 29.3 Å². The Bertz CT molecular complexity index is 400. The van der Waals surface area contributed by atoms with Crippen LogP contribution in [0.1, 0.15) is 29.3 Å². The molecule has 16 heavy (non-hydrogen) atoms. The Morgan fingerprint density at radius 3 is 2.69 bits per heavy atom. The van der Waals surface area contributed by atoms with Crippen LogP contribution in [0.5, 0.6) is 0 Å². The lowest BCUT2D eigenvalue weighted by atomic mass is 10.1. The first-order valence-corrected chi connectivity index (χ1v) is 5.88. The molecule has 0 radical (unpaired) electrons. The van der Waals surface area contributed by atoms with Gasteiger partial charge in [-0.05, 0) is 48.9 Å². The number of aldehydes is 1. The van der Waals surface area contributed by atoms with Crippen LogP contribution in [0.2, 0.25) is 0 Å². The maximum atomic E-state index is 10.7. The Morgan fingerprint density at radius 1 is 1.50 bits per heavy atom. The van der Waals surface area contributed by atoms with E-state index < -0.39 is 0 Å². The number of benzene rings is 1. The van der Waals surface area contributed by atoms with Gasteiger partial charge in [-0.2, -0.15) is 0 Å². The van der Waals surface area contributed by atoms with E-state index in [1.165, 1.54) is 12.1 Å². The van der Waals surface area contributed by atoms with E-state index in [0.717, 1.165) is 35.8 Å². The van der Waals surface area contributed by atoms with Crippen LogP contribution in [0.3, 0.4) is 0 Å². The number of carbonyl (C=O) groups is 1. The largest absolute Gasteiger partial charge is 0.374 e. The molecule has 0 heterocycles. The molecule has 0 saturated heterocycles. The van der Waals surface area contributed by atoms with E-state index in [1.54, 1.807) is 0 Å². The lowest BCUT2D eigenvalue weighted by Crippen LogP contribution is -2.20.